The average molecular weight is 542 g/mol. The Morgan fingerprint density at radius 3 is 2.47 bits per heavy atom. The second-order valence-corrected chi connectivity index (χ2v) is 7.40. The van der Waals surface area contributed by atoms with Gasteiger partial charge < -0.3 is 14.8 Å². The Bertz CT molecular complexity index is 1180. The topological polar surface area (TPSA) is 91.7 Å². The third kappa shape index (κ3) is 5.14. The van der Waals surface area contributed by atoms with Gasteiger partial charge in [-0.15, -0.1) is 0 Å². The van der Waals surface area contributed by atoms with E-state index in [1.54, 1.807) is 6.92 Å². The van der Waals surface area contributed by atoms with Crippen LogP contribution in [-0.2, 0) is 15.7 Å². The lowest BCUT2D eigenvalue weighted by atomic mass is 10.00. The number of nitrogens with zero attached hydrogens (tertiary/aromatic N) is 2. The molecule has 3 rings (SSSR count). The number of hydrogen-bond acceptors (Lipinski definition) is 5. The van der Waals surface area contributed by atoms with Gasteiger partial charge in [0, 0.05) is 5.33 Å². The monoisotopic (exact) mass is 541 g/mol. The summed E-state index contributed by atoms with van der Waals surface area (Å²) in [5, 5.41) is 11.5. The third-order valence-electron chi connectivity index (χ3n) is 4.76. The van der Waals surface area contributed by atoms with Gasteiger partial charge in [0.1, 0.15) is 11.9 Å². The standard InChI is InChI=1S/C22H16BrF4N3O4/c1-2-33-21(32)34-19-17(10-23)30(14-7-8-16(24)15(9-14)22(25,26)27)20(31)29-18(19)13-5-3-12(11-28)4-6-13/h3-9,18H,2,10H2,1H3,(H,29,31). The van der Waals surface area contributed by atoms with Crippen molar-refractivity contribution in [1.29, 1.82) is 5.26 Å². The number of anilines is 1. The molecule has 1 aliphatic rings. The summed E-state index contributed by atoms with van der Waals surface area (Å²) in [5.41, 5.74) is -1.10. The number of urea groups is 1. The largest absolute Gasteiger partial charge is 0.513 e. The zero-order valence-electron chi connectivity index (χ0n) is 17.5. The number of nitrogens with one attached hydrogen (secondary N) is 1. The number of ether oxygens (including phenoxy) is 2. The molecule has 2 amide bonds. The van der Waals surface area contributed by atoms with E-state index in [2.05, 4.69) is 21.2 Å². The first kappa shape index (κ1) is 25.0. The van der Waals surface area contributed by atoms with Crippen molar-refractivity contribution < 1.29 is 36.6 Å². The van der Waals surface area contributed by atoms with Gasteiger partial charge in [-0.2, -0.15) is 18.4 Å². The quantitative estimate of drug-likeness (QED) is 0.295. The number of amides is 2. The van der Waals surface area contributed by atoms with Crippen molar-refractivity contribution in [1.82, 2.24) is 5.32 Å². The lowest BCUT2D eigenvalue weighted by Gasteiger charge is -2.36. The molecule has 1 aliphatic heterocycles. The van der Waals surface area contributed by atoms with Gasteiger partial charge in [0.15, 0.2) is 5.76 Å². The van der Waals surface area contributed by atoms with Crippen LogP contribution in [0.4, 0.5) is 32.8 Å². The van der Waals surface area contributed by atoms with Gasteiger partial charge in [0.25, 0.3) is 0 Å². The van der Waals surface area contributed by atoms with Crippen LogP contribution in [0.1, 0.15) is 29.7 Å². The molecule has 0 fully saturated rings. The maximum atomic E-state index is 13.8. The molecule has 2 aromatic rings. The normalized spacial score (nSPS) is 16.1. The summed E-state index contributed by atoms with van der Waals surface area (Å²) >= 11 is 3.19. The number of carbonyl (C=O) groups is 2. The number of carbonyl (C=O) groups excluding carboxylic acids is 2. The molecular weight excluding hydrogens is 526 g/mol. The summed E-state index contributed by atoms with van der Waals surface area (Å²) in [5.74, 6) is -1.63. The van der Waals surface area contributed by atoms with Crippen molar-refractivity contribution in [2.75, 3.05) is 16.8 Å². The number of hydrogen-bond donors (Lipinski definition) is 1. The fourth-order valence-electron chi connectivity index (χ4n) is 3.26. The Kier molecular flexibility index (Phi) is 7.46. The molecule has 7 nitrogen and oxygen atoms in total. The summed E-state index contributed by atoms with van der Waals surface area (Å²) in [4.78, 5) is 26.0. The first-order chi connectivity index (χ1) is 16.1. The molecule has 1 atom stereocenters. The summed E-state index contributed by atoms with van der Waals surface area (Å²) in [6, 6.07) is 8.18. The van der Waals surface area contributed by atoms with Crippen molar-refractivity contribution in [2.24, 2.45) is 0 Å². The molecule has 0 bridgehead atoms. The van der Waals surface area contributed by atoms with Crippen LogP contribution in [-0.4, -0.2) is 24.1 Å². The minimum atomic E-state index is -5.00. The summed E-state index contributed by atoms with van der Waals surface area (Å²) < 4.78 is 63.8. The van der Waals surface area contributed by atoms with Crippen LogP contribution in [0, 0.1) is 17.1 Å². The van der Waals surface area contributed by atoms with Crippen LogP contribution in [0.15, 0.2) is 53.9 Å². The van der Waals surface area contributed by atoms with E-state index in [1.165, 1.54) is 24.3 Å². The third-order valence-corrected chi connectivity index (χ3v) is 5.29. The molecule has 34 heavy (non-hydrogen) atoms. The fourth-order valence-corrected chi connectivity index (χ4v) is 3.79. The Morgan fingerprint density at radius 2 is 1.91 bits per heavy atom. The smallest absolute Gasteiger partial charge is 0.434 e. The van der Waals surface area contributed by atoms with Crippen LogP contribution in [0.3, 0.4) is 0 Å². The minimum absolute atomic E-state index is 0.00843. The zero-order valence-corrected chi connectivity index (χ0v) is 19.0. The molecule has 0 aromatic heterocycles. The Morgan fingerprint density at radius 1 is 1.24 bits per heavy atom. The lowest BCUT2D eigenvalue weighted by Crippen LogP contribution is -2.48. The maximum Gasteiger partial charge on any atom is 0.513 e. The Hall–Kier alpha value is -3.59. The van der Waals surface area contributed by atoms with Gasteiger partial charge >= 0.3 is 18.4 Å². The first-order valence-electron chi connectivity index (χ1n) is 9.71. The molecule has 0 spiro atoms. The predicted molar refractivity (Wildman–Crippen MR) is 115 cm³/mol. The van der Waals surface area contributed by atoms with Gasteiger partial charge in [0.05, 0.1) is 35.2 Å². The Balaban J connectivity index is 2.17. The van der Waals surface area contributed by atoms with Crippen LogP contribution >= 0.6 is 15.9 Å². The lowest BCUT2D eigenvalue weighted by molar-refractivity contribution is -0.139. The number of rotatable bonds is 5. The number of allylic oxidation sites excluding steroid dienone is 1. The molecule has 0 saturated heterocycles. The van der Waals surface area contributed by atoms with Crippen LogP contribution in [0.5, 0.6) is 0 Å². The summed E-state index contributed by atoms with van der Waals surface area (Å²) in [6.45, 7) is 1.53. The van der Waals surface area contributed by atoms with E-state index in [0.29, 0.717) is 23.3 Å². The molecule has 1 N–H and O–H groups in total. The highest BCUT2D eigenvalue weighted by Crippen LogP contribution is 2.38. The van der Waals surface area contributed by atoms with Gasteiger partial charge in [-0.1, -0.05) is 28.1 Å². The van der Waals surface area contributed by atoms with E-state index in [-0.39, 0.29) is 29.1 Å². The fraction of sp³-hybridized carbons (Fsp3) is 0.227. The highest BCUT2D eigenvalue weighted by Gasteiger charge is 2.39. The van der Waals surface area contributed by atoms with Crippen molar-refractivity contribution in [3.05, 3.63) is 76.4 Å². The van der Waals surface area contributed by atoms with E-state index >= 15 is 0 Å². The molecule has 0 radical (unpaired) electrons. The van der Waals surface area contributed by atoms with Gasteiger partial charge in [-0.05, 0) is 42.8 Å². The van der Waals surface area contributed by atoms with E-state index in [9.17, 15) is 27.2 Å². The van der Waals surface area contributed by atoms with Crippen LogP contribution < -0.4 is 10.2 Å². The zero-order chi connectivity index (χ0) is 25.0. The van der Waals surface area contributed by atoms with Crippen molar-refractivity contribution in [3.8, 4) is 6.07 Å². The van der Waals surface area contributed by atoms with E-state index in [1.807, 2.05) is 6.07 Å². The second-order valence-electron chi connectivity index (χ2n) is 6.84. The number of alkyl halides is 4. The number of benzene rings is 2. The molecule has 0 aliphatic carbocycles. The molecule has 0 saturated carbocycles. The summed E-state index contributed by atoms with van der Waals surface area (Å²) in [6.07, 6.45) is -6.10. The van der Waals surface area contributed by atoms with Crippen LogP contribution in [0.25, 0.3) is 0 Å². The molecular formula is C22H16BrF4N3O4. The van der Waals surface area contributed by atoms with E-state index in [4.69, 9.17) is 14.7 Å². The average Bonchev–Trinajstić information content (AvgIpc) is 2.79. The minimum Gasteiger partial charge on any atom is -0.434 e. The van der Waals surface area contributed by atoms with Crippen molar-refractivity contribution in [3.63, 3.8) is 0 Å². The highest BCUT2D eigenvalue weighted by molar-refractivity contribution is 9.09. The first-order valence-corrected chi connectivity index (χ1v) is 10.8. The van der Waals surface area contributed by atoms with Crippen LogP contribution in [0.2, 0.25) is 0 Å². The van der Waals surface area contributed by atoms with E-state index < -0.39 is 35.8 Å². The van der Waals surface area contributed by atoms with Crippen molar-refractivity contribution >= 4 is 33.8 Å². The maximum absolute atomic E-state index is 13.8. The van der Waals surface area contributed by atoms with Gasteiger partial charge in [-0.3, -0.25) is 4.90 Å². The van der Waals surface area contributed by atoms with Crippen molar-refractivity contribution in [2.45, 2.75) is 19.1 Å². The molecule has 1 heterocycles. The number of nitriles is 1. The predicted octanol–water partition coefficient (Wildman–Crippen LogP) is 5.77. The van der Waals surface area contributed by atoms with Gasteiger partial charge in [-0.25, -0.2) is 14.0 Å². The number of halogens is 5. The van der Waals surface area contributed by atoms with Gasteiger partial charge in [0.2, 0.25) is 0 Å². The Labute approximate surface area is 199 Å². The molecule has 1 unspecified atom stereocenters. The highest BCUT2D eigenvalue weighted by atomic mass is 79.9. The summed E-state index contributed by atoms with van der Waals surface area (Å²) in [7, 11) is 0. The molecule has 2 aromatic carbocycles. The van der Waals surface area contributed by atoms with E-state index in [0.717, 1.165) is 11.0 Å². The SMILES string of the molecule is CCOC(=O)OC1=C(CBr)N(c2ccc(F)c(C(F)(F)F)c2)C(=O)NC1c1ccc(C#N)cc1. The molecule has 12 heteroatoms. The molecule has 178 valence electrons. The second kappa shape index (κ2) is 10.1.